The van der Waals surface area contributed by atoms with E-state index >= 15 is 0 Å². The Hall–Kier alpha value is -2.44. The molecular weight excluding hydrogens is 268 g/mol. The second-order valence-corrected chi connectivity index (χ2v) is 4.77. The minimum absolute atomic E-state index is 0.228. The fourth-order valence-corrected chi connectivity index (χ4v) is 1.76. The van der Waals surface area contributed by atoms with Crippen LogP contribution in [0.1, 0.15) is 29.4 Å². The van der Waals surface area contributed by atoms with Gasteiger partial charge in [0.25, 0.3) is 5.91 Å². The quantitative estimate of drug-likeness (QED) is 0.800. The van der Waals surface area contributed by atoms with Gasteiger partial charge in [0.05, 0.1) is 12.7 Å². The van der Waals surface area contributed by atoms with E-state index < -0.39 is 0 Å². The van der Waals surface area contributed by atoms with Crippen LogP contribution in [0, 0.1) is 6.92 Å². The summed E-state index contributed by atoms with van der Waals surface area (Å²) in [5.41, 5.74) is 1.41. The standard InChI is InChI=1S/C14H20N6O/c1-3-6-15-13-5-4-12(18-19-13)14(21)16-7-8-20-10-11(2)9-17-20/h4-5,9-10H,3,6-8H2,1-2H3,(H,15,19)(H,16,21). The third-order valence-corrected chi connectivity index (χ3v) is 2.84. The first-order chi connectivity index (χ1) is 10.2. The number of rotatable bonds is 7. The second-order valence-electron chi connectivity index (χ2n) is 4.77. The lowest BCUT2D eigenvalue weighted by Gasteiger charge is -2.06. The zero-order chi connectivity index (χ0) is 15.1. The van der Waals surface area contributed by atoms with E-state index in [1.165, 1.54) is 0 Å². The Labute approximate surface area is 123 Å². The first kappa shape index (κ1) is 15.0. The van der Waals surface area contributed by atoms with Crippen LogP contribution in [-0.2, 0) is 6.54 Å². The number of nitrogens with one attached hydrogen (secondary N) is 2. The largest absolute Gasteiger partial charge is 0.369 e. The van der Waals surface area contributed by atoms with Crippen LogP contribution in [0.15, 0.2) is 24.5 Å². The summed E-state index contributed by atoms with van der Waals surface area (Å²) < 4.78 is 1.79. The van der Waals surface area contributed by atoms with Crippen molar-refractivity contribution in [2.24, 2.45) is 0 Å². The van der Waals surface area contributed by atoms with Gasteiger partial charge >= 0.3 is 0 Å². The lowest BCUT2D eigenvalue weighted by atomic mass is 10.3. The highest BCUT2D eigenvalue weighted by Gasteiger charge is 2.07. The molecule has 2 N–H and O–H groups in total. The Balaban J connectivity index is 1.79. The Bertz CT molecular complexity index is 577. The fourth-order valence-electron chi connectivity index (χ4n) is 1.76. The molecule has 0 spiro atoms. The molecule has 112 valence electrons. The Morgan fingerprint density at radius 1 is 1.29 bits per heavy atom. The smallest absolute Gasteiger partial charge is 0.271 e. The van der Waals surface area contributed by atoms with E-state index in [4.69, 9.17) is 0 Å². The number of aryl methyl sites for hydroxylation is 1. The van der Waals surface area contributed by atoms with Crippen LogP contribution in [0.2, 0.25) is 0 Å². The van der Waals surface area contributed by atoms with Crippen molar-refractivity contribution in [1.82, 2.24) is 25.3 Å². The maximum Gasteiger partial charge on any atom is 0.271 e. The van der Waals surface area contributed by atoms with Crippen LogP contribution in [0.3, 0.4) is 0 Å². The van der Waals surface area contributed by atoms with E-state index in [1.54, 1.807) is 23.0 Å². The number of nitrogens with zero attached hydrogens (tertiary/aromatic N) is 4. The highest BCUT2D eigenvalue weighted by atomic mass is 16.1. The minimum atomic E-state index is -0.228. The second kappa shape index (κ2) is 7.37. The summed E-state index contributed by atoms with van der Waals surface area (Å²) in [5.74, 6) is 0.453. The summed E-state index contributed by atoms with van der Waals surface area (Å²) in [7, 11) is 0. The molecule has 0 saturated heterocycles. The van der Waals surface area contributed by atoms with Crippen molar-refractivity contribution in [3.63, 3.8) is 0 Å². The highest BCUT2D eigenvalue weighted by molar-refractivity contribution is 5.92. The average molecular weight is 288 g/mol. The van der Waals surface area contributed by atoms with Gasteiger partial charge in [-0.3, -0.25) is 9.48 Å². The molecule has 7 nitrogen and oxygen atoms in total. The van der Waals surface area contributed by atoms with Gasteiger partial charge in [0.2, 0.25) is 0 Å². The van der Waals surface area contributed by atoms with Gasteiger partial charge in [-0.25, -0.2) is 0 Å². The number of hydrogen-bond acceptors (Lipinski definition) is 5. The molecule has 0 bridgehead atoms. The fraction of sp³-hybridized carbons (Fsp3) is 0.429. The molecular formula is C14H20N6O. The van der Waals surface area contributed by atoms with Crippen molar-refractivity contribution in [3.05, 3.63) is 35.8 Å². The SMILES string of the molecule is CCCNc1ccc(C(=O)NCCn2cc(C)cn2)nn1. The molecule has 2 heterocycles. The molecule has 0 fully saturated rings. The zero-order valence-electron chi connectivity index (χ0n) is 12.3. The molecule has 0 aliphatic rings. The molecule has 7 heteroatoms. The summed E-state index contributed by atoms with van der Waals surface area (Å²) in [5, 5.41) is 17.9. The molecule has 2 aromatic rings. The average Bonchev–Trinajstić information content (AvgIpc) is 2.91. The third-order valence-electron chi connectivity index (χ3n) is 2.84. The molecule has 0 saturated carbocycles. The van der Waals surface area contributed by atoms with Crippen LogP contribution in [0.4, 0.5) is 5.82 Å². The normalized spacial score (nSPS) is 10.4. The number of carbonyl (C=O) groups excluding carboxylic acids is 1. The van der Waals surface area contributed by atoms with Crippen LogP contribution in [0.25, 0.3) is 0 Å². The maximum atomic E-state index is 11.9. The van der Waals surface area contributed by atoms with Crippen LogP contribution in [-0.4, -0.2) is 39.0 Å². The summed E-state index contributed by atoms with van der Waals surface area (Å²) in [6.45, 7) is 6.01. The molecule has 2 rings (SSSR count). The molecule has 2 aromatic heterocycles. The first-order valence-corrected chi connectivity index (χ1v) is 7.04. The number of carbonyl (C=O) groups is 1. The number of aromatic nitrogens is 4. The van der Waals surface area contributed by atoms with Crippen molar-refractivity contribution in [2.45, 2.75) is 26.8 Å². The van der Waals surface area contributed by atoms with Crippen molar-refractivity contribution >= 4 is 11.7 Å². The molecule has 0 aromatic carbocycles. The lowest BCUT2D eigenvalue weighted by Crippen LogP contribution is -2.28. The molecule has 21 heavy (non-hydrogen) atoms. The Morgan fingerprint density at radius 2 is 2.14 bits per heavy atom. The van der Waals surface area contributed by atoms with Gasteiger partial charge in [-0.05, 0) is 31.0 Å². The summed E-state index contributed by atoms with van der Waals surface area (Å²) in [6.07, 6.45) is 4.73. The van der Waals surface area contributed by atoms with Gasteiger partial charge in [0.1, 0.15) is 5.82 Å². The van der Waals surface area contributed by atoms with Gasteiger partial charge in [0.15, 0.2) is 5.69 Å². The molecule has 1 amide bonds. The summed E-state index contributed by atoms with van der Waals surface area (Å²) in [6, 6.07) is 3.42. The minimum Gasteiger partial charge on any atom is -0.369 e. The van der Waals surface area contributed by atoms with E-state index in [9.17, 15) is 4.79 Å². The van der Waals surface area contributed by atoms with Crippen LogP contribution >= 0.6 is 0 Å². The highest BCUT2D eigenvalue weighted by Crippen LogP contribution is 2.02. The summed E-state index contributed by atoms with van der Waals surface area (Å²) in [4.78, 5) is 11.9. The summed E-state index contributed by atoms with van der Waals surface area (Å²) >= 11 is 0. The van der Waals surface area contributed by atoms with Crippen molar-refractivity contribution in [2.75, 3.05) is 18.4 Å². The predicted molar refractivity (Wildman–Crippen MR) is 80.1 cm³/mol. The first-order valence-electron chi connectivity index (χ1n) is 7.04. The molecule has 0 aliphatic heterocycles. The van der Waals surface area contributed by atoms with E-state index in [0.717, 1.165) is 18.5 Å². The molecule has 0 aliphatic carbocycles. The van der Waals surface area contributed by atoms with E-state index in [0.29, 0.717) is 24.6 Å². The van der Waals surface area contributed by atoms with E-state index in [-0.39, 0.29) is 5.91 Å². The van der Waals surface area contributed by atoms with Gasteiger partial charge < -0.3 is 10.6 Å². The Kier molecular flexibility index (Phi) is 5.25. The van der Waals surface area contributed by atoms with Gasteiger partial charge in [0, 0.05) is 19.3 Å². The topological polar surface area (TPSA) is 84.7 Å². The number of hydrogen-bond donors (Lipinski definition) is 2. The van der Waals surface area contributed by atoms with E-state index in [2.05, 4.69) is 32.9 Å². The maximum absolute atomic E-state index is 11.9. The molecule has 0 radical (unpaired) electrons. The zero-order valence-corrected chi connectivity index (χ0v) is 12.3. The number of anilines is 1. The molecule has 0 atom stereocenters. The van der Waals surface area contributed by atoms with Crippen molar-refractivity contribution in [3.8, 4) is 0 Å². The van der Waals surface area contributed by atoms with Gasteiger partial charge in [-0.2, -0.15) is 5.10 Å². The van der Waals surface area contributed by atoms with E-state index in [1.807, 2.05) is 13.1 Å². The van der Waals surface area contributed by atoms with Crippen LogP contribution < -0.4 is 10.6 Å². The van der Waals surface area contributed by atoms with Crippen LogP contribution in [0.5, 0.6) is 0 Å². The lowest BCUT2D eigenvalue weighted by molar-refractivity contribution is 0.0946. The third kappa shape index (κ3) is 4.55. The van der Waals surface area contributed by atoms with Crippen molar-refractivity contribution in [1.29, 1.82) is 0 Å². The monoisotopic (exact) mass is 288 g/mol. The Morgan fingerprint density at radius 3 is 2.76 bits per heavy atom. The molecule has 0 unspecified atom stereocenters. The van der Waals surface area contributed by atoms with Gasteiger partial charge in [-0.15, -0.1) is 10.2 Å². The van der Waals surface area contributed by atoms with Crippen molar-refractivity contribution < 1.29 is 4.79 Å². The number of amides is 1. The predicted octanol–water partition coefficient (Wildman–Crippen LogP) is 1.23. The van der Waals surface area contributed by atoms with Gasteiger partial charge in [-0.1, -0.05) is 6.92 Å².